The maximum absolute atomic E-state index is 11.4. The number of piperidine rings is 1. The standard InChI is InChI=1S/C10H21NO3S/c1-2-7-15(12,13)8-6-14-10-4-3-5-11-9-10/h10-11H,2-9H2,1H3/t10-/m0/s1. The van der Waals surface area contributed by atoms with E-state index in [1.165, 1.54) is 0 Å². The molecule has 0 aliphatic carbocycles. The smallest absolute Gasteiger partial charge is 0.152 e. The lowest BCUT2D eigenvalue weighted by Gasteiger charge is -2.22. The zero-order valence-electron chi connectivity index (χ0n) is 9.37. The first kappa shape index (κ1) is 12.9. The molecule has 1 aliphatic heterocycles. The molecule has 0 aromatic rings. The van der Waals surface area contributed by atoms with Crippen molar-refractivity contribution in [2.75, 3.05) is 31.2 Å². The van der Waals surface area contributed by atoms with Gasteiger partial charge in [0.05, 0.1) is 18.5 Å². The highest BCUT2D eigenvalue weighted by Crippen LogP contribution is 2.06. The van der Waals surface area contributed by atoms with Crippen LogP contribution in [0.4, 0.5) is 0 Å². The van der Waals surface area contributed by atoms with Crippen molar-refractivity contribution in [3.8, 4) is 0 Å². The fourth-order valence-corrected chi connectivity index (χ4v) is 2.89. The van der Waals surface area contributed by atoms with Crippen molar-refractivity contribution in [2.45, 2.75) is 32.3 Å². The van der Waals surface area contributed by atoms with Crippen LogP contribution in [0.1, 0.15) is 26.2 Å². The minimum absolute atomic E-state index is 0.164. The van der Waals surface area contributed by atoms with Crippen LogP contribution < -0.4 is 5.32 Å². The number of sulfone groups is 1. The van der Waals surface area contributed by atoms with E-state index in [0.29, 0.717) is 13.0 Å². The Hall–Kier alpha value is -0.130. The second kappa shape index (κ2) is 6.45. The zero-order chi connectivity index (χ0) is 11.1. The van der Waals surface area contributed by atoms with Gasteiger partial charge in [0.1, 0.15) is 0 Å². The molecule has 1 heterocycles. The summed E-state index contributed by atoms with van der Waals surface area (Å²) in [6.45, 7) is 4.12. The Morgan fingerprint density at radius 2 is 2.20 bits per heavy atom. The van der Waals surface area contributed by atoms with Gasteiger partial charge in [-0.2, -0.15) is 0 Å². The number of hydrogen-bond donors (Lipinski definition) is 1. The van der Waals surface area contributed by atoms with Gasteiger partial charge in [0, 0.05) is 12.3 Å². The van der Waals surface area contributed by atoms with Crippen molar-refractivity contribution in [1.29, 1.82) is 0 Å². The van der Waals surface area contributed by atoms with Gasteiger partial charge in [-0.15, -0.1) is 0 Å². The third-order valence-corrected chi connectivity index (χ3v) is 4.33. The summed E-state index contributed by atoms with van der Waals surface area (Å²) < 4.78 is 28.3. The van der Waals surface area contributed by atoms with Crippen LogP contribution >= 0.6 is 0 Å². The van der Waals surface area contributed by atoms with E-state index in [0.717, 1.165) is 25.9 Å². The Morgan fingerprint density at radius 3 is 2.80 bits per heavy atom. The molecule has 0 unspecified atom stereocenters. The van der Waals surface area contributed by atoms with Crippen LogP contribution in [0.3, 0.4) is 0 Å². The van der Waals surface area contributed by atoms with Gasteiger partial charge >= 0.3 is 0 Å². The molecule has 0 saturated carbocycles. The molecule has 1 aliphatic rings. The molecule has 90 valence electrons. The fraction of sp³-hybridized carbons (Fsp3) is 1.00. The first-order valence-corrected chi connectivity index (χ1v) is 7.49. The lowest BCUT2D eigenvalue weighted by atomic mass is 10.1. The summed E-state index contributed by atoms with van der Waals surface area (Å²) in [4.78, 5) is 0. The van der Waals surface area contributed by atoms with E-state index in [2.05, 4.69) is 5.32 Å². The van der Waals surface area contributed by atoms with Crippen molar-refractivity contribution in [3.63, 3.8) is 0 Å². The Labute approximate surface area is 92.3 Å². The molecule has 0 aromatic carbocycles. The molecule has 0 radical (unpaired) electrons. The van der Waals surface area contributed by atoms with Crippen molar-refractivity contribution in [2.24, 2.45) is 0 Å². The number of nitrogens with one attached hydrogen (secondary N) is 1. The molecule has 5 heteroatoms. The summed E-state index contributed by atoms with van der Waals surface area (Å²) in [6, 6.07) is 0. The number of ether oxygens (including phenoxy) is 1. The summed E-state index contributed by atoms with van der Waals surface area (Å²) in [6.07, 6.45) is 3.05. The van der Waals surface area contributed by atoms with E-state index >= 15 is 0 Å². The van der Waals surface area contributed by atoms with E-state index in [1.54, 1.807) is 0 Å². The molecular weight excluding hydrogens is 214 g/mol. The van der Waals surface area contributed by atoms with Crippen LogP contribution in [-0.2, 0) is 14.6 Å². The second-order valence-electron chi connectivity index (χ2n) is 3.99. The minimum atomic E-state index is -2.88. The topological polar surface area (TPSA) is 55.4 Å². The van der Waals surface area contributed by atoms with E-state index in [1.807, 2.05) is 6.92 Å². The van der Waals surface area contributed by atoms with Gasteiger partial charge in [0.2, 0.25) is 0 Å². The highest BCUT2D eigenvalue weighted by molar-refractivity contribution is 7.91. The monoisotopic (exact) mass is 235 g/mol. The maximum Gasteiger partial charge on any atom is 0.152 e. The first-order chi connectivity index (χ1) is 7.14. The van der Waals surface area contributed by atoms with Crippen molar-refractivity contribution in [1.82, 2.24) is 5.32 Å². The summed E-state index contributed by atoms with van der Waals surface area (Å²) in [5, 5.41) is 3.23. The quantitative estimate of drug-likeness (QED) is 0.731. The molecular formula is C10H21NO3S. The van der Waals surface area contributed by atoms with Gasteiger partial charge in [0.15, 0.2) is 9.84 Å². The molecule has 1 N–H and O–H groups in total. The molecule has 1 fully saturated rings. The van der Waals surface area contributed by atoms with Crippen LogP contribution in [-0.4, -0.2) is 45.7 Å². The number of hydrogen-bond acceptors (Lipinski definition) is 4. The average molecular weight is 235 g/mol. The van der Waals surface area contributed by atoms with Crippen LogP contribution in [0.2, 0.25) is 0 Å². The summed E-state index contributed by atoms with van der Waals surface area (Å²) in [7, 11) is -2.88. The molecule has 4 nitrogen and oxygen atoms in total. The Bertz CT molecular complexity index is 258. The fourth-order valence-electron chi connectivity index (χ4n) is 1.72. The van der Waals surface area contributed by atoms with E-state index < -0.39 is 9.84 Å². The van der Waals surface area contributed by atoms with Crippen LogP contribution in [0.5, 0.6) is 0 Å². The third kappa shape index (κ3) is 5.49. The lowest BCUT2D eigenvalue weighted by Crippen LogP contribution is -2.36. The van der Waals surface area contributed by atoms with Crippen molar-refractivity contribution in [3.05, 3.63) is 0 Å². The van der Waals surface area contributed by atoms with Crippen molar-refractivity contribution >= 4 is 9.84 Å². The Morgan fingerprint density at radius 1 is 1.40 bits per heavy atom. The van der Waals surface area contributed by atoms with Gasteiger partial charge in [-0.05, 0) is 25.8 Å². The molecule has 1 atom stereocenters. The number of rotatable bonds is 6. The predicted octanol–water partition coefficient (Wildman–Crippen LogP) is 0.580. The van der Waals surface area contributed by atoms with Gasteiger partial charge in [-0.25, -0.2) is 8.42 Å². The summed E-state index contributed by atoms with van der Waals surface area (Å²) >= 11 is 0. The molecule has 0 amide bonds. The van der Waals surface area contributed by atoms with Gasteiger partial charge in [-0.3, -0.25) is 0 Å². The minimum Gasteiger partial charge on any atom is -0.376 e. The highest BCUT2D eigenvalue weighted by Gasteiger charge is 2.15. The third-order valence-electron chi connectivity index (χ3n) is 2.51. The first-order valence-electron chi connectivity index (χ1n) is 5.67. The van der Waals surface area contributed by atoms with E-state index in [4.69, 9.17) is 4.74 Å². The molecule has 1 rings (SSSR count). The van der Waals surface area contributed by atoms with Crippen LogP contribution in [0.25, 0.3) is 0 Å². The SMILES string of the molecule is CCCS(=O)(=O)CCO[C@H]1CCCNC1. The van der Waals surface area contributed by atoms with E-state index in [-0.39, 0.29) is 17.6 Å². The van der Waals surface area contributed by atoms with Crippen molar-refractivity contribution < 1.29 is 13.2 Å². The van der Waals surface area contributed by atoms with E-state index in [9.17, 15) is 8.42 Å². The molecule has 0 aromatic heterocycles. The largest absolute Gasteiger partial charge is 0.376 e. The highest BCUT2D eigenvalue weighted by atomic mass is 32.2. The summed E-state index contributed by atoms with van der Waals surface area (Å²) in [5.41, 5.74) is 0. The molecule has 0 spiro atoms. The zero-order valence-corrected chi connectivity index (χ0v) is 10.2. The van der Waals surface area contributed by atoms with Crippen LogP contribution in [0, 0.1) is 0 Å². The predicted molar refractivity (Wildman–Crippen MR) is 60.8 cm³/mol. The van der Waals surface area contributed by atoms with Gasteiger partial charge < -0.3 is 10.1 Å². The van der Waals surface area contributed by atoms with Gasteiger partial charge in [-0.1, -0.05) is 6.92 Å². The maximum atomic E-state index is 11.4. The summed E-state index contributed by atoms with van der Waals surface area (Å²) in [5.74, 6) is 0.441. The lowest BCUT2D eigenvalue weighted by molar-refractivity contribution is 0.0469. The Kier molecular flexibility index (Phi) is 5.56. The molecule has 15 heavy (non-hydrogen) atoms. The molecule has 1 saturated heterocycles. The van der Waals surface area contributed by atoms with Gasteiger partial charge in [0.25, 0.3) is 0 Å². The average Bonchev–Trinajstić information content (AvgIpc) is 2.19. The normalized spacial score (nSPS) is 22.9. The Balaban J connectivity index is 2.14. The van der Waals surface area contributed by atoms with Crippen LogP contribution in [0.15, 0.2) is 0 Å². The second-order valence-corrected chi connectivity index (χ2v) is 6.29. The molecule has 0 bridgehead atoms.